The van der Waals surface area contributed by atoms with Gasteiger partial charge in [-0.05, 0) is 88.8 Å². The van der Waals surface area contributed by atoms with Crippen LogP contribution in [0.2, 0.25) is 0 Å². The molecule has 2 amide bonds. The number of rotatable bonds is 7. The SMILES string of the molecule is Cc1ccc(CN(C)C(=O)OC(C)(C)C)cc1C(=O)N[C@H](C)c1cc(-c2cnn(C3CCCCO3)c2)nc2ccccc12. The zero-order valence-corrected chi connectivity index (χ0v) is 25.9. The Balaban J connectivity index is 1.37. The molecule has 4 aromatic rings. The molecule has 9 nitrogen and oxygen atoms in total. The van der Waals surface area contributed by atoms with Crippen LogP contribution in [-0.2, 0) is 16.0 Å². The van der Waals surface area contributed by atoms with Gasteiger partial charge in [0.05, 0.1) is 23.4 Å². The van der Waals surface area contributed by atoms with Crippen LogP contribution in [0.15, 0.2) is 60.9 Å². The Kier molecular flexibility index (Phi) is 8.82. The van der Waals surface area contributed by atoms with Gasteiger partial charge in [0.25, 0.3) is 5.91 Å². The quantitative estimate of drug-likeness (QED) is 0.252. The van der Waals surface area contributed by atoms with E-state index in [0.29, 0.717) is 12.1 Å². The summed E-state index contributed by atoms with van der Waals surface area (Å²) in [6.45, 7) is 10.5. The minimum atomic E-state index is -0.582. The van der Waals surface area contributed by atoms with Crippen molar-refractivity contribution in [3.05, 3.63) is 83.2 Å². The van der Waals surface area contributed by atoms with Crippen molar-refractivity contribution in [1.29, 1.82) is 0 Å². The number of hydrogen-bond donors (Lipinski definition) is 1. The maximum atomic E-state index is 13.6. The van der Waals surface area contributed by atoms with Gasteiger partial charge in [-0.2, -0.15) is 5.10 Å². The Morgan fingerprint density at radius 2 is 1.95 bits per heavy atom. The van der Waals surface area contributed by atoms with Crippen molar-refractivity contribution in [3.63, 3.8) is 0 Å². The molecule has 0 saturated carbocycles. The highest BCUT2D eigenvalue weighted by Crippen LogP contribution is 2.30. The molecule has 43 heavy (non-hydrogen) atoms. The number of aromatic nitrogens is 3. The number of aryl methyl sites for hydroxylation is 1. The molecule has 226 valence electrons. The summed E-state index contributed by atoms with van der Waals surface area (Å²) in [4.78, 5) is 32.5. The molecule has 2 atom stereocenters. The predicted molar refractivity (Wildman–Crippen MR) is 167 cm³/mol. The molecule has 1 fully saturated rings. The topological polar surface area (TPSA) is 98.6 Å². The van der Waals surface area contributed by atoms with Gasteiger partial charge in [0, 0.05) is 42.9 Å². The van der Waals surface area contributed by atoms with E-state index in [1.807, 2.05) is 100 Å². The van der Waals surface area contributed by atoms with Crippen molar-refractivity contribution in [2.45, 2.75) is 78.3 Å². The average molecular weight is 584 g/mol. The van der Waals surface area contributed by atoms with Crippen LogP contribution >= 0.6 is 0 Å². The van der Waals surface area contributed by atoms with Crippen LogP contribution in [0.1, 0.15) is 86.3 Å². The first-order valence-electron chi connectivity index (χ1n) is 14.9. The lowest BCUT2D eigenvalue weighted by molar-refractivity contribution is -0.0394. The fraction of sp³-hybridized carbons (Fsp3) is 0.412. The number of carbonyl (C=O) groups excluding carboxylic acids is 2. The van der Waals surface area contributed by atoms with Crippen molar-refractivity contribution in [1.82, 2.24) is 25.0 Å². The summed E-state index contributed by atoms with van der Waals surface area (Å²) in [5, 5.41) is 8.76. The molecular formula is C34H41N5O4. The molecule has 0 aliphatic carbocycles. The molecule has 0 spiro atoms. The fourth-order valence-corrected chi connectivity index (χ4v) is 5.31. The van der Waals surface area contributed by atoms with Gasteiger partial charge in [-0.15, -0.1) is 0 Å². The predicted octanol–water partition coefficient (Wildman–Crippen LogP) is 6.96. The maximum absolute atomic E-state index is 13.6. The number of amides is 2. The number of hydrogen-bond acceptors (Lipinski definition) is 6. The first kappa shape index (κ1) is 30.2. The Morgan fingerprint density at radius 1 is 1.16 bits per heavy atom. The largest absolute Gasteiger partial charge is 0.444 e. The number of nitrogens with zero attached hydrogens (tertiary/aromatic N) is 4. The van der Waals surface area contributed by atoms with Gasteiger partial charge in [-0.1, -0.05) is 30.3 Å². The van der Waals surface area contributed by atoms with Crippen molar-refractivity contribution in [3.8, 4) is 11.3 Å². The van der Waals surface area contributed by atoms with Gasteiger partial charge < -0.3 is 19.7 Å². The van der Waals surface area contributed by atoms with Crippen molar-refractivity contribution >= 4 is 22.9 Å². The molecule has 1 unspecified atom stereocenters. The monoisotopic (exact) mass is 583 g/mol. The van der Waals surface area contributed by atoms with E-state index in [1.54, 1.807) is 7.05 Å². The lowest BCUT2D eigenvalue weighted by Gasteiger charge is -2.25. The molecule has 1 saturated heterocycles. The molecular weight excluding hydrogens is 542 g/mol. The van der Waals surface area contributed by atoms with E-state index < -0.39 is 11.7 Å². The Bertz CT molecular complexity index is 1620. The lowest BCUT2D eigenvalue weighted by Crippen LogP contribution is -2.34. The van der Waals surface area contributed by atoms with Crippen molar-refractivity contribution < 1.29 is 19.1 Å². The number of fused-ring (bicyclic) bond motifs is 1. The lowest BCUT2D eigenvalue weighted by atomic mass is 9.99. The summed E-state index contributed by atoms with van der Waals surface area (Å²) < 4.78 is 13.3. The average Bonchev–Trinajstić information content (AvgIpc) is 3.47. The van der Waals surface area contributed by atoms with Crippen LogP contribution in [-0.4, -0.2) is 50.9 Å². The summed E-state index contributed by atoms with van der Waals surface area (Å²) >= 11 is 0. The van der Waals surface area contributed by atoms with Crippen molar-refractivity contribution in [2.24, 2.45) is 0 Å². The molecule has 0 bridgehead atoms. The number of benzene rings is 2. The molecule has 1 aliphatic rings. The van der Waals surface area contributed by atoms with Gasteiger partial charge in [0.2, 0.25) is 0 Å². The molecule has 0 radical (unpaired) electrons. The minimum Gasteiger partial charge on any atom is -0.444 e. The van der Waals surface area contributed by atoms with Crippen LogP contribution in [0.4, 0.5) is 4.79 Å². The van der Waals surface area contributed by atoms with Crippen LogP contribution in [0.25, 0.3) is 22.2 Å². The fourth-order valence-electron chi connectivity index (χ4n) is 5.31. The minimum absolute atomic E-state index is 0.0523. The summed E-state index contributed by atoms with van der Waals surface area (Å²) in [6.07, 6.45) is 6.50. The molecule has 2 aromatic heterocycles. The molecule has 3 heterocycles. The number of pyridine rings is 1. The second kappa shape index (κ2) is 12.6. The van der Waals surface area contributed by atoms with E-state index in [1.165, 1.54) is 4.90 Å². The van der Waals surface area contributed by atoms with Crippen LogP contribution in [0.3, 0.4) is 0 Å². The van der Waals surface area contributed by atoms with Crippen LogP contribution in [0, 0.1) is 6.92 Å². The molecule has 1 aliphatic heterocycles. The molecule has 1 N–H and O–H groups in total. The summed E-state index contributed by atoms with van der Waals surface area (Å²) in [7, 11) is 1.69. The Labute approximate surface area is 253 Å². The molecule has 2 aromatic carbocycles. The van der Waals surface area contributed by atoms with Gasteiger partial charge in [0.15, 0.2) is 0 Å². The van der Waals surface area contributed by atoms with Gasteiger partial charge in [0.1, 0.15) is 11.8 Å². The molecule has 9 heteroatoms. The van der Waals surface area contributed by atoms with E-state index in [9.17, 15) is 9.59 Å². The summed E-state index contributed by atoms with van der Waals surface area (Å²) in [5.41, 5.74) is 5.18. The maximum Gasteiger partial charge on any atom is 0.410 e. The highest BCUT2D eigenvalue weighted by Gasteiger charge is 2.22. The summed E-state index contributed by atoms with van der Waals surface area (Å²) in [6, 6.07) is 15.4. The Hall–Kier alpha value is -4.24. The van der Waals surface area contributed by atoms with Gasteiger partial charge in [-0.25, -0.2) is 14.5 Å². The van der Waals surface area contributed by atoms with E-state index in [2.05, 4.69) is 10.4 Å². The third kappa shape index (κ3) is 7.22. The highest BCUT2D eigenvalue weighted by atomic mass is 16.6. The van der Waals surface area contributed by atoms with Gasteiger partial charge >= 0.3 is 6.09 Å². The number of para-hydroxylation sites is 1. The Morgan fingerprint density at radius 3 is 2.70 bits per heavy atom. The molecule has 5 rings (SSSR count). The van der Waals surface area contributed by atoms with Crippen LogP contribution in [0.5, 0.6) is 0 Å². The standard InChI is InChI=1S/C34H41N5O4/c1-22-14-15-24(20-38(6)33(41)43-34(3,4)5)17-27(22)32(40)36-23(2)28-18-30(37-29-12-8-7-11-26(28)29)25-19-35-39(21-25)31-13-9-10-16-42-31/h7-8,11-12,14-15,17-19,21,23,31H,9-10,13,16,20H2,1-6H3,(H,36,40)/t23-,31?/m1/s1. The zero-order chi connectivity index (χ0) is 30.7. The highest BCUT2D eigenvalue weighted by molar-refractivity contribution is 5.96. The van der Waals surface area contributed by atoms with Crippen LogP contribution < -0.4 is 5.32 Å². The number of nitrogens with one attached hydrogen (secondary N) is 1. The smallest absolute Gasteiger partial charge is 0.410 e. The first-order valence-corrected chi connectivity index (χ1v) is 14.9. The van der Waals surface area contributed by atoms with E-state index >= 15 is 0 Å². The van der Waals surface area contributed by atoms with E-state index in [4.69, 9.17) is 14.5 Å². The third-order valence-corrected chi connectivity index (χ3v) is 7.58. The second-order valence-corrected chi connectivity index (χ2v) is 12.3. The zero-order valence-electron chi connectivity index (χ0n) is 25.9. The number of carbonyl (C=O) groups is 2. The summed E-state index contributed by atoms with van der Waals surface area (Å²) in [5.74, 6) is -0.184. The van der Waals surface area contributed by atoms with E-state index in [-0.39, 0.29) is 18.2 Å². The number of ether oxygens (including phenoxy) is 2. The normalized spacial score (nSPS) is 16.1. The first-order chi connectivity index (χ1) is 20.5. The van der Waals surface area contributed by atoms with E-state index in [0.717, 1.165) is 64.7 Å². The third-order valence-electron chi connectivity index (χ3n) is 7.58. The van der Waals surface area contributed by atoms with Gasteiger partial charge in [-0.3, -0.25) is 4.79 Å². The van der Waals surface area contributed by atoms with Crippen molar-refractivity contribution in [2.75, 3.05) is 13.7 Å². The second-order valence-electron chi connectivity index (χ2n) is 12.3.